The van der Waals surface area contributed by atoms with Gasteiger partial charge in [0.05, 0.1) is 11.2 Å². The lowest BCUT2D eigenvalue weighted by Crippen LogP contribution is -2.17. The maximum Gasteiger partial charge on any atom is 0.0797 e. The van der Waals surface area contributed by atoms with Crippen molar-refractivity contribution in [3.8, 4) is 0 Å². The minimum absolute atomic E-state index is 0.0213. The molecule has 80 valence electrons. The van der Waals surface area contributed by atoms with Crippen LogP contribution in [0.25, 0.3) is 0 Å². The van der Waals surface area contributed by atoms with Gasteiger partial charge in [0.15, 0.2) is 0 Å². The summed E-state index contributed by atoms with van der Waals surface area (Å²) >= 11 is 1.61. The van der Waals surface area contributed by atoms with Crippen molar-refractivity contribution in [1.82, 2.24) is 4.98 Å². The van der Waals surface area contributed by atoms with Crippen LogP contribution < -0.4 is 0 Å². The van der Waals surface area contributed by atoms with Crippen molar-refractivity contribution in [1.29, 1.82) is 0 Å². The first-order valence-electron chi connectivity index (χ1n) is 5.58. The maximum atomic E-state index is 8.27. The molecule has 2 heteroatoms. The summed E-state index contributed by atoms with van der Waals surface area (Å²) in [6, 6.07) is 0. The van der Waals surface area contributed by atoms with E-state index in [4.69, 9.17) is 1.37 Å². The summed E-state index contributed by atoms with van der Waals surface area (Å²) in [6.45, 7) is 12.8. The Labute approximate surface area is 93.0 Å². The van der Waals surface area contributed by atoms with E-state index in [1.54, 1.807) is 11.3 Å². The molecule has 0 radical (unpaired) electrons. The molecule has 0 aromatic carbocycles. The van der Waals surface area contributed by atoms with E-state index in [-0.39, 0.29) is 17.2 Å². The fourth-order valence-electron chi connectivity index (χ4n) is 1.31. The maximum absolute atomic E-state index is 8.27. The molecule has 0 amide bonds. The molecule has 1 aromatic heterocycles. The number of aromatic nitrogens is 1. The third kappa shape index (κ3) is 3.09. The molecule has 0 saturated carbocycles. The number of rotatable bonds is 1. The second-order valence-electron chi connectivity index (χ2n) is 5.83. The average molecular weight is 212 g/mol. The zero-order chi connectivity index (χ0) is 11.9. The van der Waals surface area contributed by atoms with Crippen LogP contribution in [0.5, 0.6) is 0 Å². The van der Waals surface area contributed by atoms with Gasteiger partial charge >= 0.3 is 0 Å². The fourth-order valence-corrected chi connectivity index (χ4v) is 2.48. The van der Waals surface area contributed by atoms with Crippen molar-refractivity contribution < 1.29 is 1.37 Å². The van der Waals surface area contributed by atoms with Crippen LogP contribution >= 0.6 is 11.3 Å². The fraction of sp³-hybridized carbons (Fsp3) is 0.750. The van der Waals surface area contributed by atoms with Gasteiger partial charge in [-0.25, -0.2) is 4.98 Å². The summed E-state index contributed by atoms with van der Waals surface area (Å²) in [7, 11) is 0. The van der Waals surface area contributed by atoms with Crippen molar-refractivity contribution in [2.24, 2.45) is 5.41 Å². The van der Waals surface area contributed by atoms with Gasteiger partial charge in [-0.15, -0.1) is 11.3 Å². The first kappa shape index (κ1) is 10.2. The molecule has 0 spiro atoms. The van der Waals surface area contributed by atoms with Gasteiger partial charge in [0.1, 0.15) is 0 Å². The summed E-state index contributed by atoms with van der Waals surface area (Å²) in [5, 5.41) is 0. The van der Waals surface area contributed by atoms with Crippen LogP contribution in [0.2, 0.25) is 0 Å². The molecular formula is C12H21NS. The van der Waals surface area contributed by atoms with Gasteiger partial charge in [0.2, 0.25) is 0 Å². The zero-order valence-corrected chi connectivity index (χ0v) is 10.8. The SMILES string of the molecule is [2H]C(c1scnc1C(C)(C)C)C(C)(C)C. The molecule has 0 aliphatic carbocycles. The Bertz CT molecular complexity index is 330. The Morgan fingerprint density at radius 3 is 2.29 bits per heavy atom. The highest BCUT2D eigenvalue weighted by molar-refractivity contribution is 7.09. The predicted octanol–water partition coefficient (Wildman–Crippen LogP) is 4.03. The van der Waals surface area contributed by atoms with E-state index in [0.29, 0.717) is 0 Å². The molecule has 1 aromatic rings. The van der Waals surface area contributed by atoms with Crippen molar-refractivity contribution in [2.45, 2.75) is 53.4 Å². The van der Waals surface area contributed by atoms with E-state index in [2.05, 4.69) is 46.5 Å². The molecule has 0 fully saturated rings. The average Bonchev–Trinajstić information content (AvgIpc) is 2.47. The van der Waals surface area contributed by atoms with E-state index in [1.165, 1.54) is 0 Å². The molecule has 0 aliphatic heterocycles. The number of hydrogen-bond donors (Lipinski definition) is 0. The molecule has 1 nitrogen and oxygen atoms in total. The lowest BCUT2D eigenvalue weighted by Gasteiger charge is -2.22. The van der Waals surface area contributed by atoms with Crippen LogP contribution in [-0.2, 0) is 11.8 Å². The lowest BCUT2D eigenvalue weighted by molar-refractivity contribution is 0.409. The summed E-state index contributed by atoms with van der Waals surface area (Å²) in [5.41, 5.74) is 2.97. The third-order valence-corrected chi connectivity index (χ3v) is 2.65. The molecule has 1 rings (SSSR count). The number of nitrogens with zero attached hydrogens (tertiary/aromatic N) is 1. The Kier molecular flexibility index (Phi) is 2.65. The highest BCUT2D eigenvalue weighted by atomic mass is 32.1. The molecule has 0 saturated heterocycles. The summed E-state index contributed by atoms with van der Waals surface area (Å²) in [6.07, 6.45) is -0.181. The van der Waals surface area contributed by atoms with E-state index < -0.39 is 0 Å². The predicted molar refractivity (Wildman–Crippen MR) is 64.0 cm³/mol. The Morgan fingerprint density at radius 1 is 1.29 bits per heavy atom. The summed E-state index contributed by atoms with van der Waals surface area (Å²) in [5.74, 6) is 0. The minimum Gasteiger partial charge on any atom is -0.249 e. The van der Waals surface area contributed by atoms with Gasteiger partial charge in [0, 0.05) is 11.7 Å². The Morgan fingerprint density at radius 2 is 1.86 bits per heavy atom. The van der Waals surface area contributed by atoms with Gasteiger partial charge in [-0.2, -0.15) is 0 Å². The van der Waals surface area contributed by atoms with E-state index >= 15 is 0 Å². The Balaban J connectivity index is 3.12. The molecule has 0 N–H and O–H groups in total. The van der Waals surface area contributed by atoms with Crippen molar-refractivity contribution in [3.63, 3.8) is 0 Å². The largest absolute Gasteiger partial charge is 0.249 e. The van der Waals surface area contributed by atoms with Gasteiger partial charge in [-0.05, 0) is 11.8 Å². The van der Waals surface area contributed by atoms with E-state index in [0.717, 1.165) is 10.6 Å². The summed E-state index contributed by atoms with van der Waals surface area (Å²) in [4.78, 5) is 5.54. The molecule has 1 atom stereocenters. The first-order valence-corrected chi connectivity index (χ1v) is 5.88. The standard InChI is InChI=1S/C12H21NS/c1-11(2,3)7-9-10(12(4,5)6)13-8-14-9/h8H,7H2,1-6H3/i7D. The van der Waals surface area contributed by atoms with Crippen LogP contribution in [0.15, 0.2) is 5.51 Å². The molecule has 1 unspecified atom stereocenters. The molecule has 1 heterocycles. The first-order chi connectivity index (χ1) is 6.64. The van der Waals surface area contributed by atoms with E-state index in [9.17, 15) is 0 Å². The highest BCUT2D eigenvalue weighted by Crippen LogP contribution is 2.31. The van der Waals surface area contributed by atoms with Gasteiger partial charge in [-0.1, -0.05) is 41.5 Å². The van der Waals surface area contributed by atoms with Crippen LogP contribution in [0.4, 0.5) is 0 Å². The van der Waals surface area contributed by atoms with Gasteiger partial charge in [-0.3, -0.25) is 0 Å². The lowest BCUT2D eigenvalue weighted by atomic mass is 9.85. The van der Waals surface area contributed by atoms with E-state index in [1.807, 2.05) is 5.51 Å². The number of hydrogen-bond acceptors (Lipinski definition) is 2. The van der Waals surface area contributed by atoms with Crippen molar-refractivity contribution in [2.75, 3.05) is 0 Å². The van der Waals surface area contributed by atoms with Gasteiger partial charge < -0.3 is 0 Å². The second kappa shape index (κ2) is 3.65. The number of thiazole rings is 1. The minimum atomic E-state index is -0.181. The smallest absolute Gasteiger partial charge is 0.0797 e. The highest BCUT2D eigenvalue weighted by Gasteiger charge is 2.23. The second-order valence-corrected chi connectivity index (χ2v) is 6.71. The monoisotopic (exact) mass is 212 g/mol. The van der Waals surface area contributed by atoms with Crippen molar-refractivity contribution in [3.05, 3.63) is 16.1 Å². The summed E-state index contributed by atoms with van der Waals surface area (Å²) < 4.78 is 8.27. The van der Waals surface area contributed by atoms with Crippen LogP contribution in [0.3, 0.4) is 0 Å². The van der Waals surface area contributed by atoms with Crippen LogP contribution in [0, 0.1) is 5.41 Å². The Hall–Kier alpha value is -0.370. The molecule has 14 heavy (non-hydrogen) atoms. The molecule has 0 bridgehead atoms. The molecular weight excluding hydrogens is 190 g/mol. The van der Waals surface area contributed by atoms with Crippen LogP contribution in [0.1, 0.15) is 53.5 Å². The topological polar surface area (TPSA) is 12.9 Å². The van der Waals surface area contributed by atoms with Gasteiger partial charge in [0.25, 0.3) is 0 Å². The molecule has 0 aliphatic rings. The van der Waals surface area contributed by atoms with Crippen LogP contribution in [-0.4, -0.2) is 4.98 Å². The zero-order valence-electron chi connectivity index (χ0n) is 11.0. The van der Waals surface area contributed by atoms with Crippen molar-refractivity contribution >= 4 is 11.3 Å². The quantitative estimate of drug-likeness (QED) is 0.685. The normalized spacial score (nSPS) is 16.6. The third-order valence-electron chi connectivity index (χ3n) is 1.87.